The van der Waals surface area contributed by atoms with Gasteiger partial charge in [-0.3, -0.25) is 10.2 Å². The Balaban J connectivity index is 1.52. The van der Waals surface area contributed by atoms with Crippen LogP contribution in [-0.2, 0) is 4.79 Å². The molecule has 0 unspecified atom stereocenters. The van der Waals surface area contributed by atoms with Gasteiger partial charge in [0.05, 0.1) is 0 Å². The van der Waals surface area contributed by atoms with Crippen LogP contribution in [0.15, 0.2) is 47.6 Å². The van der Waals surface area contributed by atoms with Crippen molar-refractivity contribution in [3.8, 4) is 0 Å². The summed E-state index contributed by atoms with van der Waals surface area (Å²) in [4.78, 5) is 10.6. The summed E-state index contributed by atoms with van der Waals surface area (Å²) < 4.78 is 0. The number of anilines is 1. The first kappa shape index (κ1) is 21.5. The largest absolute Gasteiger partial charge is 0.481 e. The molecule has 0 heterocycles. The van der Waals surface area contributed by atoms with Crippen molar-refractivity contribution in [2.24, 2.45) is 28.8 Å². The Hall–Kier alpha value is -2.21. The van der Waals surface area contributed by atoms with Crippen LogP contribution < -0.4 is 10.7 Å². The van der Waals surface area contributed by atoms with Gasteiger partial charge >= 0.3 is 5.97 Å². The Kier molecular flexibility index (Phi) is 7.81. The number of hydrazone groups is 1. The van der Waals surface area contributed by atoms with Gasteiger partial charge in [0, 0.05) is 23.7 Å². The maximum atomic E-state index is 10.6. The number of allylic oxidation sites excluding steroid dienone is 2. The zero-order chi connectivity index (χ0) is 20.6. The van der Waals surface area contributed by atoms with Gasteiger partial charge in [-0.1, -0.05) is 30.4 Å². The van der Waals surface area contributed by atoms with Gasteiger partial charge in [-0.2, -0.15) is 5.10 Å². The summed E-state index contributed by atoms with van der Waals surface area (Å²) >= 11 is 5.37. The highest BCUT2D eigenvalue weighted by Gasteiger charge is 2.47. The lowest BCUT2D eigenvalue weighted by molar-refractivity contribution is -0.137. The SMILES string of the molecule is CC(=NNC(=S)Nc1ccccc1)[C@H]1[C@@H]2CC[C@@H](C2)[C@@H]1CC=CCCCC(=O)O. The summed E-state index contributed by atoms with van der Waals surface area (Å²) in [7, 11) is 0. The number of aliphatic carboxylic acids is 1. The molecule has 156 valence electrons. The van der Waals surface area contributed by atoms with Gasteiger partial charge in [-0.05, 0) is 87.6 Å². The van der Waals surface area contributed by atoms with E-state index in [9.17, 15) is 4.79 Å². The Morgan fingerprint density at radius 3 is 2.76 bits per heavy atom. The van der Waals surface area contributed by atoms with Crippen molar-refractivity contribution < 1.29 is 9.90 Å². The molecule has 2 saturated carbocycles. The molecule has 2 aliphatic rings. The van der Waals surface area contributed by atoms with Crippen LogP contribution in [-0.4, -0.2) is 21.9 Å². The fraction of sp³-hybridized carbons (Fsp3) is 0.522. The lowest BCUT2D eigenvalue weighted by atomic mass is 9.75. The number of nitrogens with one attached hydrogen (secondary N) is 2. The molecule has 0 radical (unpaired) electrons. The van der Waals surface area contributed by atoms with Crippen molar-refractivity contribution in [2.45, 2.75) is 51.9 Å². The molecule has 6 heteroatoms. The lowest BCUT2D eigenvalue weighted by Crippen LogP contribution is -2.31. The van der Waals surface area contributed by atoms with E-state index in [2.05, 4.69) is 34.9 Å². The maximum Gasteiger partial charge on any atom is 0.303 e. The van der Waals surface area contributed by atoms with Crippen molar-refractivity contribution in [1.82, 2.24) is 5.43 Å². The van der Waals surface area contributed by atoms with Crippen molar-refractivity contribution in [2.75, 3.05) is 5.32 Å². The molecule has 1 aromatic carbocycles. The monoisotopic (exact) mass is 413 g/mol. The molecule has 0 amide bonds. The average molecular weight is 414 g/mol. The molecule has 2 aliphatic carbocycles. The molecule has 0 spiro atoms. The molecule has 2 fully saturated rings. The van der Waals surface area contributed by atoms with Crippen LogP contribution in [0.4, 0.5) is 5.69 Å². The highest BCUT2D eigenvalue weighted by atomic mass is 32.1. The van der Waals surface area contributed by atoms with Crippen LogP contribution in [0.2, 0.25) is 0 Å². The van der Waals surface area contributed by atoms with Crippen LogP contribution in [0.25, 0.3) is 0 Å². The molecule has 4 atom stereocenters. The number of hydrogen-bond acceptors (Lipinski definition) is 3. The molecular formula is C23H31N3O2S. The van der Waals surface area contributed by atoms with Crippen molar-refractivity contribution >= 4 is 34.7 Å². The van der Waals surface area contributed by atoms with Crippen molar-refractivity contribution in [3.05, 3.63) is 42.5 Å². The number of rotatable bonds is 9. The van der Waals surface area contributed by atoms with E-state index in [0.29, 0.717) is 23.4 Å². The fourth-order valence-corrected chi connectivity index (χ4v) is 5.20. The van der Waals surface area contributed by atoms with Crippen molar-refractivity contribution in [3.63, 3.8) is 0 Å². The van der Waals surface area contributed by atoms with E-state index in [1.807, 2.05) is 30.3 Å². The smallest absolute Gasteiger partial charge is 0.303 e. The number of nitrogens with zero attached hydrogens (tertiary/aromatic N) is 1. The molecule has 0 saturated heterocycles. The third-order valence-corrected chi connectivity index (χ3v) is 6.47. The number of unbranched alkanes of at least 4 members (excludes halogenated alkanes) is 1. The Bertz CT molecular complexity index is 763. The van der Waals surface area contributed by atoms with E-state index >= 15 is 0 Å². The van der Waals surface area contributed by atoms with Crippen LogP contribution in [0.3, 0.4) is 0 Å². The first-order valence-corrected chi connectivity index (χ1v) is 11.0. The third kappa shape index (κ3) is 6.13. The molecule has 29 heavy (non-hydrogen) atoms. The van der Waals surface area contributed by atoms with Gasteiger partial charge in [0.2, 0.25) is 0 Å². The van der Waals surface area contributed by atoms with Gasteiger partial charge in [0.25, 0.3) is 0 Å². The highest BCUT2D eigenvalue weighted by Crippen LogP contribution is 2.54. The van der Waals surface area contributed by atoms with Crippen LogP contribution in [0.5, 0.6) is 0 Å². The topological polar surface area (TPSA) is 73.7 Å². The second-order valence-electron chi connectivity index (χ2n) is 8.20. The molecule has 5 nitrogen and oxygen atoms in total. The van der Waals surface area contributed by atoms with Gasteiger partial charge in [-0.15, -0.1) is 0 Å². The van der Waals surface area contributed by atoms with E-state index in [1.165, 1.54) is 19.3 Å². The Morgan fingerprint density at radius 1 is 1.24 bits per heavy atom. The van der Waals surface area contributed by atoms with Gasteiger partial charge in [-0.25, -0.2) is 0 Å². The molecule has 2 bridgehead atoms. The Morgan fingerprint density at radius 2 is 2.00 bits per heavy atom. The molecule has 0 aliphatic heterocycles. The molecular weight excluding hydrogens is 382 g/mol. The third-order valence-electron chi connectivity index (χ3n) is 6.27. The van der Waals surface area contributed by atoms with Crippen LogP contribution in [0.1, 0.15) is 51.9 Å². The van der Waals surface area contributed by atoms with E-state index in [0.717, 1.165) is 36.1 Å². The Labute approximate surface area is 178 Å². The zero-order valence-electron chi connectivity index (χ0n) is 17.0. The summed E-state index contributed by atoms with van der Waals surface area (Å²) in [6.45, 7) is 2.12. The summed E-state index contributed by atoms with van der Waals surface area (Å²) in [6, 6.07) is 9.85. The highest BCUT2D eigenvalue weighted by molar-refractivity contribution is 7.80. The number of carboxylic acid groups (broad SMARTS) is 1. The molecule has 3 N–H and O–H groups in total. The first-order chi connectivity index (χ1) is 14.0. The van der Waals surface area contributed by atoms with Crippen molar-refractivity contribution in [1.29, 1.82) is 0 Å². The van der Waals surface area contributed by atoms with E-state index in [4.69, 9.17) is 17.3 Å². The van der Waals surface area contributed by atoms with Crippen LogP contribution in [0, 0.1) is 23.7 Å². The van der Waals surface area contributed by atoms with E-state index in [-0.39, 0.29) is 6.42 Å². The quantitative estimate of drug-likeness (QED) is 0.170. The minimum absolute atomic E-state index is 0.245. The van der Waals surface area contributed by atoms with Gasteiger partial charge < -0.3 is 10.4 Å². The van der Waals surface area contributed by atoms with Gasteiger partial charge in [0.1, 0.15) is 0 Å². The maximum absolute atomic E-state index is 10.6. The first-order valence-electron chi connectivity index (χ1n) is 10.6. The second kappa shape index (κ2) is 10.5. The molecule has 1 aromatic rings. The number of carboxylic acids is 1. The average Bonchev–Trinajstić information content (AvgIpc) is 3.31. The predicted octanol–water partition coefficient (Wildman–Crippen LogP) is 5.21. The standard InChI is InChI=1S/C23H31N3O2S/c1-16(25-26-23(29)24-19-9-5-4-6-10-19)22-18-14-13-17(15-18)20(22)11-7-2-3-8-12-21(27)28/h2,4-7,9-10,17-18,20,22H,3,8,11-15H2,1H3,(H,27,28)(H2,24,26,29)/t17-,18+,20-,22-/m0/s1. The number of fused-ring (bicyclic) bond motifs is 2. The number of hydrogen-bond donors (Lipinski definition) is 3. The minimum atomic E-state index is -0.717. The van der Waals surface area contributed by atoms with Gasteiger partial charge in [0.15, 0.2) is 5.11 Å². The van der Waals surface area contributed by atoms with E-state index in [1.54, 1.807) is 0 Å². The number of para-hydroxylation sites is 1. The minimum Gasteiger partial charge on any atom is -0.481 e. The number of benzene rings is 1. The fourth-order valence-electron chi connectivity index (χ4n) is 5.04. The molecule has 3 rings (SSSR count). The second-order valence-corrected chi connectivity index (χ2v) is 8.61. The molecule has 0 aromatic heterocycles. The predicted molar refractivity (Wildman–Crippen MR) is 122 cm³/mol. The summed E-state index contributed by atoms with van der Waals surface area (Å²) in [5.74, 6) is 1.93. The lowest BCUT2D eigenvalue weighted by Gasteiger charge is -2.30. The number of carbonyl (C=O) groups is 1. The van der Waals surface area contributed by atoms with Crippen LogP contribution >= 0.6 is 12.2 Å². The summed E-state index contributed by atoms with van der Waals surface area (Å²) in [5, 5.41) is 17.0. The summed E-state index contributed by atoms with van der Waals surface area (Å²) in [6.07, 6.45) is 11.2. The summed E-state index contributed by atoms with van der Waals surface area (Å²) in [5.41, 5.74) is 5.10. The zero-order valence-corrected chi connectivity index (χ0v) is 17.8. The normalized spacial score (nSPS) is 26.0. The van der Waals surface area contributed by atoms with E-state index < -0.39 is 5.97 Å². The number of thiocarbonyl (C=S) groups is 1.